The molecule has 2 heterocycles. The summed E-state index contributed by atoms with van der Waals surface area (Å²) in [6.07, 6.45) is 2.28. The van der Waals surface area contributed by atoms with E-state index in [1.54, 1.807) is 0 Å². The van der Waals surface area contributed by atoms with E-state index in [-0.39, 0.29) is 0 Å². The largest absolute Gasteiger partial charge is 0.380 e. The van der Waals surface area contributed by atoms with Crippen LogP contribution in [0.25, 0.3) is 0 Å². The molecule has 16 heavy (non-hydrogen) atoms. The van der Waals surface area contributed by atoms with Crippen LogP contribution in [0.2, 0.25) is 0 Å². The molecule has 2 aliphatic heterocycles. The van der Waals surface area contributed by atoms with Gasteiger partial charge >= 0.3 is 0 Å². The molecule has 0 aromatic heterocycles. The van der Waals surface area contributed by atoms with Crippen LogP contribution in [-0.2, 0) is 9.47 Å². The number of nitrogens with one attached hydrogen (secondary N) is 1. The van der Waals surface area contributed by atoms with E-state index in [1.807, 2.05) is 0 Å². The van der Waals surface area contributed by atoms with Crippen LogP contribution in [-0.4, -0.2) is 63.0 Å². The van der Waals surface area contributed by atoms with Crippen molar-refractivity contribution < 1.29 is 9.47 Å². The molecule has 4 heteroatoms. The van der Waals surface area contributed by atoms with Crippen LogP contribution < -0.4 is 5.32 Å². The third-order valence-electron chi connectivity index (χ3n) is 3.87. The van der Waals surface area contributed by atoms with Gasteiger partial charge < -0.3 is 14.8 Å². The molecule has 2 fully saturated rings. The first-order valence-electron chi connectivity index (χ1n) is 6.45. The minimum Gasteiger partial charge on any atom is -0.380 e. The Bertz CT molecular complexity index is 191. The number of likely N-dealkylation sites (N-methyl/N-ethyl adjacent to an activating group) is 1. The number of hydrogen-bond donors (Lipinski definition) is 1. The van der Waals surface area contributed by atoms with E-state index in [2.05, 4.69) is 24.2 Å². The lowest BCUT2D eigenvalue weighted by molar-refractivity contribution is -0.0753. The maximum atomic E-state index is 5.64. The van der Waals surface area contributed by atoms with Crippen LogP contribution in [0.4, 0.5) is 0 Å². The molecule has 2 rings (SSSR count). The molecule has 1 N–H and O–H groups in total. The standard InChI is InChI=1S/C12H24N2O2/c1-3-10-8-16-7-5-14(10)12-9-15-6-4-11(12)13-2/h10-13H,3-9H2,1-2H3. The van der Waals surface area contributed by atoms with Gasteiger partial charge in [0.15, 0.2) is 0 Å². The molecule has 0 aromatic carbocycles. The Morgan fingerprint density at radius 2 is 2.06 bits per heavy atom. The van der Waals surface area contributed by atoms with Gasteiger partial charge in [0.25, 0.3) is 0 Å². The van der Waals surface area contributed by atoms with Crippen molar-refractivity contribution in [2.24, 2.45) is 0 Å². The molecule has 3 unspecified atom stereocenters. The Balaban J connectivity index is 2.01. The van der Waals surface area contributed by atoms with E-state index in [4.69, 9.17) is 9.47 Å². The van der Waals surface area contributed by atoms with Crippen molar-refractivity contribution in [3.63, 3.8) is 0 Å². The molecule has 0 spiro atoms. The Labute approximate surface area is 98.3 Å². The highest BCUT2D eigenvalue weighted by Crippen LogP contribution is 2.20. The molecule has 0 bridgehead atoms. The first-order chi connectivity index (χ1) is 7.86. The second-order valence-corrected chi connectivity index (χ2v) is 4.70. The summed E-state index contributed by atoms with van der Waals surface area (Å²) in [5.41, 5.74) is 0. The monoisotopic (exact) mass is 228 g/mol. The summed E-state index contributed by atoms with van der Waals surface area (Å²) in [4.78, 5) is 2.59. The minimum absolute atomic E-state index is 0.521. The van der Waals surface area contributed by atoms with Crippen LogP contribution >= 0.6 is 0 Å². The molecule has 0 aliphatic carbocycles. The average Bonchev–Trinajstić information content (AvgIpc) is 2.38. The first kappa shape index (κ1) is 12.3. The van der Waals surface area contributed by atoms with Crippen molar-refractivity contribution in [3.05, 3.63) is 0 Å². The molecular formula is C12H24N2O2. The Kier molecular flexibility index (Phi) is 4.58. The molecule has 3 atom stereocenters. The molecule has 0 radical (unpaired) electrons. The summed E-state index contributed by atoms with van der Waals surface area (Å²) in [7, 11) is 2.06. The lowest BCUT2D eigenvalue weighted by Gasteiger charge is -2.45. The van der Waals surface area contributed by atoms with Crippen LogP contribution in [0, 0.1) is 0 Å². The Morgan fingerprint density at radius 3 is 2.81 bits per heavy atom. The molecule has 94 valence electrons. The smallest absolute Gasteiger partial charge is 0.0637 e. The molecule has 0 saturated carbocycles. The average molecular weight is 228 g/mol. The van der Waals surface area contributed by atoms with Gasteiger partial charge in [-0.05, 0) is 19.9 Å². The summed E-state index contributed by atoms with van der Waals surface area (Å²) in [6.45, 7) is 6.78. The van der Waals surface area contributed by atoms with Crippen molar-refractivity contribution in [1.29, 1.82) is 0 Å². The third-order valence-corrected chi connectivity index (χ3v) is 3.87. The van der Waals surface area contributed by atoms with E-state index in [0.29, 0.717) is 18.1 Å². The molecule has 0 aromatic rings. The van der Waals surface area contributed by atoms with E-state index < -0.39 is 0 Å². The van der Waals surface area contributed by atoms with E-state index >= 15 is 0 Å². The van der Waals surface area contributed by atoms with Gasteiger partial charge in [-0.3, -0.25) is 4.90 Å². The van der Waals surface area contributed by atoms with E-state index in [0.717, 1.165) is 45.8 Å². The maximum Gasteiger partial charge on any atom is 0.0637 e. The van der Waals surface area contributed by atoms with E-state index in [1.165, 1.54) is 0 Å². The minimum atomic E-state index is 0.521. The molecule has 4 nitrogen and oxygen atoms in total. The van der Waals surface area contributed by atoms with Gasteiger partial charge in [0, 0.05) is 31.3 Å². The lowest BCUT2D eigenvalue weighted by atomic mass is 9.99. The quantitative estimate of drug-likeness (QED) is 0.761. The number of hydrogen-bond acceptors (Lipinski definition) is 4. The summed E-state index contributed by atoms with van der Waals surface area (Å²) >= 11 is 0. The summed E-state index contributed by atoms with van der Waals surface area (Å²) < 4.78 is 11.2. The highest BCUT2D eigenvalue weighted by molar-refractivity contribution is 4.90. The van der Waals surface area contributed by atoms with E-state index in [9.17, 15) is 0 Å². The van der Waals surface area contributed by atoms with Crippen molar-refractivity contribution in [1.82, 2.24) is 10.2 Å². The fourth-order valence-corrected chi connectivity index (χ4v) is 2.84. The number of ether oxygens (including phenoxy) is 2. The van der Waals surface area contributed by atoms with Crippen LogP contribution in [0.1, 0.15) is 19.8 Å². The summed E-state index contributed by atoms with van der Waals surface area (Å²) in [5, 5.41) is 3.43. The fraction of sp³-hybridized carbons (Fsp3) is 1.00. The lowest BCUT2D eigenvalue weighted by Crippen LogP contribution is -2.60. The van der Waals surface area contributed by atoms with Crippen LogP contribution in [0.3, 0.4) is 0 Å². The van der Waals surface area contributed by atoms with Gasteiger partial charge in [0.2, 0.25) is 0 Å². The zero-order valence-electron chi connectivity index (χ0n) is 10.4. The second kappa shape index (κ2) is 5.96. The number of nitrogens with zero attached hydrogens (tertiary/aromatic N) is 1. The van der Waals surface area contributed by atoms with Crippen molar-refractivity contribution in [2.45, 2.75) is 37.9 Å². The number of rotatable bonds is 3. The Hall–Kier alpha value is -0.160. The number of morpholine rings is 1. The highest BCUT2D eigenvalue weighted by atomic mass is 16.5. The third kappa shape index (κ3) is 2.56. The normalized spacial score (nSPS) is 37.5. The highest BCUT2D eigenvalue weighted by Gasteiger charge is 2.34. The van der Waals surface area contributed by atoms with Crippen molar-refractivity contribution in [3.8, 4) is 0 Å². The SMILES string of the molecule is CCC1COCCN1C1COCCC1NC. The van der Waals surface area contributed by atoms with Gasteiger partial charge in [-0.1, -0.05) is 6.92 Å². The topological polar surface area (TPSA) is 33.7 Å². The molecule has 0 amide bonds. The van der Waals surface area contributed by atoms with Crippen molar-refractivity contribution >= 4 is 0 Å². The molecule has 2 saturated heterocycles. The van der Waals surface area contributed by atoms with Gasteiger partial charge in [0.1, 0.15) is 0 Å². The zero-order valence-corrected chi connectivity index (χ0v) is 10.4. The van der Waals surface area contributed by atoms with Crippen molar-refractivity contribution in [2.75, 3.05) is 40.0 Å². The first-order valence-corrected chi connectivity index (χ1v) is 6.45. The van der Waals surface area contributed by atoms with Gasteiger partial charge in [-0.2, -0.15) is 0 Å². The maximum absolute atomic E-state index is 5.64. The van der Waals surface area contributed by atoms with Gasteiger partial charge in [0.05, 0.1) is 19.8 Å². The zero-order chi connectivity index (χ0) is 11.4. The fourth-order valence-electron chi connectivity index (χ4n) is 2.84. The predicted molar refractivity (Wildman–Crippen MR) is 63.7 cm³/mol. The molecular weight excluding hydrogens is 204 g/mol. The van der Waals surface area contributed by atoms with Gasteiger partial charge in [-0.25, -0.2) is 0 Å². The molecule has 2 aliphatic rings. The van der Waals surface area contributed by atoms with Crippen LogP contribution in [0.15, 0.2) is 0 Å². The summed E-state index contributed by atoms with van der Waals surface area (Å²) in [6, 6.07) is 1.66. The second-order valence-electron chi connectivity index (χ2n) is 4.70. The predicted octanol–water partition coefficient (Wildman–Crippen LogP) is 0.474. The Morgan fingerprint density at radius 1 is 1.25 bits per heavy atom. The van der Waals surface area contributed by atoms with Gasteiger partial charge in [-0.15, -0.1) is 0 Å². The van der Waals surface area contributed by atoms with Crippen LogP contribution in [0.5, 0.6) is 0 Å². The summed E-state index contributed by atoms with van der Waals surface area (Å²) in [5.74, 6) is 0.